The van der Waals surface area contributed by atoms with E-state index in [1.54, 1.807) is 6.07 Å². The standard InChI is InChI=1S/C14H24N2O3S2/c1-11-10-14(12(2)20-11)21(18,19)15-6-3-7-16-8-4-13(17)5-9-16/h10,13,15,17H,3-9H2,1-2H3. The summed E-state index contributed by atoms with van der Waals surface area (Å²) in [6.45, 7) is 6.88. The van der Waals surface area contributed by atoms with E-state index in [9.17, 15) is 13.5 Å². The van der Waals surface area contributed by atoms with Gasteiger partial charge in [0.25, 0.3) is 0 Å². The molecule has 1 fully saturated rings. The Morgan fingerprint density at radius 1 is 1.38 bits per heavy atom. The maximum atomic E-state index is 12.2. The fourth-order valence-corrected chi connectivity index (χ4v) is 5.23. The second kappa shape index (κ2) is 7.19. The topological polar surface area (TPSA) is 69.6 Å². The third-order valence-corrected chi connectivity index (χ3v) is 6.47. The number of nitrogens with one attached hydrogen (secondary N) is 1. The van der Waals surface area contributed by atoms with Gasteiger partial charge in [-0.3, -0.25) is 0 Å². The van der Waals surface area contributed by atoms with Crippen molar-refractivity contribution in [1.82, 2.24) is 9.62 Å². The molecule has 1 aliphatic heterocycles. The number of rotatable bonds is 6. The van der Waals surface area contributed by atoms with Crippen LogP contribution in [-0.4, -0.2) is 50.7 Å². The lowest BCUT2D eigenvalue weighted by Crippen LogP contribution is -2.37. The van der Waals surface area contributed by atoms with E-state index in [1.165, 1.54) is 11.3 Å². The molecule has 0 aliphatic carbocycles. The SMILES string of the molecule is Cc1cc(S(=O)(=O)NCCCN2CCC(O)CC2)c(C)s1. The molecule has 2 rings (SSSR count). The Balaban J connectivity index is 1.76. The summed E-state index contributed by atoms with van der Waals surface area (Å²) in [5.41, 5.74) is 0. The molecule has 2 N–H and O–H groups in total. The summed E-state index contributed by atoms with van der Waals surface area (Å²) in [6.07, 6.45) is 2.26. The van der Waals surface area contributed by atoms with Gasteiger partial charge in [0.05, 0.1) is 11.0 Å². The molecule has 2 heterocycles. The number of hydrogen-bond acceptors (Lipinski definition) is 5. The van der Waals surface area contributed by atoms with Gasteiger partial charge in [-0.05, 0) is 45.7 Å². The van der Waals surface area contributed by atoms with E-state index in [1.807, 2.05) is 13.8 Å². The van der Waals surface area contributed by atoms with Crippen LogP contribution in [0.25, 0.3) is 0 Å². The van der Waals surface area contributed by atoms with E-state index in [4.69, 9.17) is 0 Å². The maximum Gasteiger partial charge on any atom is 0.241 e. The Morgan fingerprint density at radius 3 is 2.62 bits per heavy atom. The van der Waals surface area contributed by atoms with Gasteiger partial charge >= 0.3 is 0 Å². The molecule has 1 aromatic rings. The molecule has 0 unspecified atom stereocenters. The van der Waals surface area contributed by atoms with Crippen LogP contribution in [0.15, 0.2) is 11.0 Å². The second-order valence-corrected chi connectivity index (χ2v) is 8.80. The molecule has 0 radical (unpaired) electrons. The van der Waals surface area contributed by atoms with Crippen molar-refractivity contribution < 1.29 is 13.5 Å². The van der Waals surface area contributed by atoms with Crippen LogP contribution >= 0.6 is 11.3 Å². The van der Waals surface area contributed by atoms with Crippen molar-refractivity contribution in [1.29, 1.82) is 0 Å². The minimum absolute atomic E-state index is 0.162. The monoisotopic (exact) mass is 332 g/mol. The molecule has 0 amide bonds. The van der Waals surface area contributed by atoms with Crippen molar-refractivity contribution >= 4 is 21.4 Å². The molecule has 7 heteroatoms. The maximum absolute atomic E-state index is 12.2. The van der Waals surface area contributed by atoms with E-state index in [0.29, 0.717) is 11.4 Å². The fourth-order valence-electron chi connectivity index (χ4n) is 2.60. The first kappa shape index (κ1) is 16.9. The first-order chi connectivity index (χ1) is 9.88. The van der Waals surface area contributed by atoms with E-state index in [2.05, 4.69) is 9.62 Å². The first-order valence-electron chi connectivity index (χ1n) is 7.35. The number of aliphatic hydroxyl groups is 1. The summed E-state index contributed by atoms with van der Waals surface area (Å²) < 4.78 is 27.1. The smallest absolute Gasteiger partial charge is 0.241 e. The van der Waals surface area contributed by atoms with Crippen LogP contribution in [0.3, 0.4) is 0 Å². The number of aliphatic hydroxyl groups excluding tert-OH is 1. The normalized spacial score (nSPS) is 18.2. The van der Waals surface area contributed by atoms with E-state index >= 15 is 0 Å². The van der Waals surface area contributed by atoms with Crippen LogP contribution < -0.4 is 4.72 Å². The van der Waals surface area contributed by atoms with Gasteiger partial charge in [0.15, 0.2) is 0 Å². The highest BCUT2D eigenvalue weighted by Crippen LogP contribution is 2.24. The average Bonchev–Trinajstić information content (AvgIpc) is 2.77. The van der Waals surface area contributed by atoms with Crippen molar-refractivity contribution in [3.8, 4) is 0 Å². The Kier molecular flexibility index (Phi) is 5.79. The Hall–Kier alpha value is -0.470. The molecule has 21 heavy (non-hydrogen) atoms. The zero-order valence-electron chi connectivity index (χ0n) is 12.6. The van der Waals surface area contributed by atoms with E-state index in [-0.39, 0.29) is 6.10 Å². The lowest BCUT2D eigenvalue weighted by Gasteiger charge is -2.29. The van der Waals surface area contributed by atoms with Crippen molar-refractivity contribution in [2.75, 3.05) is 26.2 Å². The lowest BCUT2D eigenvalue weighted by molar-refractivity contribution is 0.0823. The quantitative estimate of drug-likeness (QED) is 0.775. The minimum Gasteiger partial charge on any atom is -0.393 e. The number of likely N-dealkylation sites (tertiary alicyclic amines) is 1. The van der Waals surface area contributed by atoms with Gasteiger partial charge in [-0.2, -0.15) is 0 Å². The number of hydrogen-bond donors (Lipinski definition) is 2. The number of aryl methyl sites for hydroxylation is 2. The van der Waals surface area contributed by atoms with Crippen LogP contribution in [0.4, 0.5) is 0 Å². The molecule has 1 aromatic heterocycles. The first-order valence-corrected chi connectivity index (χ1v) is 9.65. The van der Waals surface area contributed by atoms with Crippen LogP contribution in [0.1, 0.15) is 29.0 Å². The van der Waals surface area contributed by atoms with Gasteiger partial charge in [0, 0.05) is 29.4 Å². The largest absolute Gasteiger partial charge is 0.393 e. The van der Waals surface area contributed by atoms with Gasteiger partial charge < -0.3 is 10.0 Å². The van der Waals surface area contributed by atoms with Crippen molar-refractivity contribution in [2.45, 2.75) is 44.1 Å². The molecule has 5 nitrogen and oxygen atoms in total. The van der Waals surface area contributed by atoms with Crippen LogP contribution in [0, 0.1) is 13.8 Å². The summed E-state index contributed by atoms with van der Waals surface area (Å²) in [7, 11) is -3.38. The zero-order chi connectivity index (χ0) is 15.5. The predicted molar refractivity (Wildman–Crippen MR) is 85.3 cm³/mol. The number of nitrogens with zero attached hydrogens (tertiary/aromatic N) is 1. The molecular weight excluding hydrogens is 308 g/mol. The molecule has 0 saturated carbocycles. The number of sulfonamides is 1. The highest BCUT2D eigenvalue weighted by molar-refractivity contribution is 7.89. The van der Waals surface area contributed by atoms with Gasteiger partial charge in [-0.1, -0.05) is 0 Å². The molecule has 0 spiro atoms. The minimum atomic E-state index is -3.38. The summed E-state index contributed by atoms with van der Waals surface area (Å²) in [6, 6.07) is 1.73. The molecule has 0 atom stereocenters. The highest BCUT2D eigenvalue weighted by atomic mass is 32.2. The highest BCUT2D eigenvalue weighted by Gasteiger charge is 2.19. The van der Waals surface area contributed by atoms with Crippen molar-refractivity contribution in [2.24, 2.45) is 0 Å². The second-order valence-electron chi connectivity index (χ2n) is 5.60. The van der Waals surface area contributed by atoms with Crippen molar-refractivity contribution in [3.05, 3.63) is 15.8 Å². The summed E-state index contributed by atoms with van der Waals surface area (Å²) in [5.74, 6) is 0. The van der Waals surface area contributed by atoms with Crippen LogP contribution in [0.5, 0.6) is 0 Å². The number of thiophene rings is 1. The summed E-state index contributed by atoms with van der Waals surface area (Å²) >= 11 is 1.51. The third kappa shape index (κ3) is 4.75. The zero-order valence-corrected chi connectivity index (χ0v) is 14.3. The van der Waals surface area contributed by atoms with Gasteiger partial charge in [-0.15, -0.1) is 11.3 Å². The van der Waals surface area contributed by atoms with Crippen LogP contribution in [0.2, 0.25) is 0 Å². The summed E-state index contributed by atoms with van der Waals surface area (Å²) in [5, 5.41) is 9.44. The molecule has 1 saturated heterocycles. The predicted octanol–water partition coefficient (Wildman–Crippen LogP) is 1.49. The Labute approximate surface area is 131 Å². The van der Waals surface area contributed by atoms with E-state index < -0.39 is 10.0 Å². The Morgan fingerprint density at radius 2 is 2.05 bits per heavy atom. The van der Waals surface area contributed by atoms with Gasteiger partial charge in [-0.25, -0.2) is 13.1 Å². The number of piperidine rings is 1. The Bertz CT molecular complexity index is 561. The average molecular weight is 332 g/mol. The molecule has 0 bridgehead atoms. The lowest BCUT2D eigenvalue weighted by atomic mass is 10.1. The molecule has 120 valence electrons. The van der Waals surface area contributed by atoms with Gasteiger partial charge in [0.1, 0.15) is 0 Å². The van der Waals surface area contributed by atoms with Crippen LogP contribution in [-0.2, 0) is 10.0 Å². The molecule has 0 aromatic carbocycles. The summed E-state index contributed by atoms with van der Waals surface area (Å²) in [4.78, 5) is 4.54. The van der Waals surface area contributed by atoms with Crippen molar-refractivity contribution in [3.63, 3.8) is 0 Å². The molecule has 1 aliphatic rings. The van der Waals surface area contributed by atoms with Gasteiger partial charge in [0.2, 0.25) is 10.0 Å². The third-order valence-electron chi connectivity index (χ3n) is 3.79. The van der Waals surface area contributed by atoms with E-state index in [0.717, 1.165) is 48.7 Å². The molecular formula is C14H24N2O3S2. The fraction of sp³-hybridized carbons (Fsp3) is 0.714.